The SMILES string of the molecule is NNC(CCOCC(F)(F)F)Cc1cc(Cl)ccc1F. The number of nitrogens with two attached hydrogens (primary N) is 1. The Bertz CT molecular complexity index is 428. The van der Waals surface area contributed by atoms with Crippen LogP contribution in [0.2, 0.25) is 5.02 Å². The molecule has 0 aliphatic carbocycles. The van der Waals surface area contributed by atoms with Gasteiger partial charge in [0.25, 0.3) is 0 Å². The highest BCUT2D eigenvalue weighted by molar-refractivity contribution is 6.30. The maximum absolute atomic E-state index is 13.5. The van der Waals surface area contributed by atoms with E-state index in [4.69, 9.17) is 17.4 Å². The van der Waals surface area contributed by atoms with E-state index in [0.29, 0.717) is 10.6 Å². The lowest BCUT2D eigenvalue weighted by molar-refractivity contribution is -0.174. The molecule has 0 bridgehead atoms. The van der Waals surface area contributed by atoms with Crippen LogP contribution in [0.5, 0.6) is 0 Å². The molecule has 0 aliphatic heterocycles. The molecule has 20 heavy (non-hydrogen) atoms. The molecule has 1 aromatic carbocycles. The minimum Gasteiger partial charge on any atom is -0.372 e. The van der Waals surface area contributed by atoms with E-state index < -0.39 is 24.6 Å². The third-order valence-electron chi connectivity index (χ3n) is 2.59. The summed E-state index contributed by atoms with van der Waals surface area (Å²) in [6.07, 6.45) is -3.93. The molecule has 3 nitrogen and oxygen atoms in total. The van der Waals surface area contributed by atoms with E-state index in [9.17, 15) is 17.6 Å². The predicted molar refractivity (Wildman–Crippen MR) is 67.7 cm³/mol. The van der Waals surface area contributed by atoms with Gasteiger partial charge in [-0.3, -0.25) is 11.3 Å². The number of nitrogens with one attached hydrogen (secondary N) is 1. The van der Waals surface area contributed by atoms with Crippen molar-refractivity contribution in [2.75, 3.05) is 13.2 Å². The summed E-state index contributed by atoms with van der Waals surface area (Å²) in [5, 5.41) is 0.380. The second-order valence-corrected chi connectivity index (χ2v) is 4.70. The van der Waals surface area contributed by atoms with Crippen molar-refractivity contribution in [2.24, 2.45) is 5.84 Å². The second kappa shape index (κ2) is 7.78. The number of rotatable bonds is 7. The highest BCUT2D eigenvalue weighted by atomic mass is 35.5. The van der Waals surface area contributed by atoms with E-state index >= 15 is 0 Å². The van der Waals surface area contributed by atoms with E-state index in [-0.39, 0.29) is 19.4 Å². The van der Waals surface area contributed by atoms with Crippen LogP contribution >= 0.6 is 11.6 Å². The normalized spacial score (nSPS) is 13.5. The van der Waals surface area contributed by atoms with Crippen LogP contribution in [0.25, 0.3) is 0 Å². The Hall–Kier alpha value is -0.890. The van der Waals surface area contributed by atoms with E-state index in [2.05, 4.69) is 10.2 Å². The van der Waals surface area contributed by atoms with E-state index in [0.717, 1.165) is 0 Å². The summed E-state index contributed by atoms with van der Waals surface area (Å²) in [6.45, 7) is -1.44. The summed E-state index contributed by atoms with van der Waals surface area (Å²) in [5.74, 6) is 4.85. The molecule has 0 fully saturated rings. The molecular weight excluding hydrogens is 300 g/mol. The van der Waals surface area contributed by atoms with Crippen LogP contribution in [0.4, 0.5) is 17.6 Å². The molecule has 1 rings (SSSR count). The number of benzene rings is 1. The van der Waals surface area contributed by atoms with E-state index in [1.807, 2.05) is 0 Å². The molecule has 1 unspecified atom stereocenters. The summed E-state index contributed by atoms with van der Waals surface area (Å²) in [6, 6.07) is 3.69. The number of hydrogen-bond acceptors (Lipinski definition) is 3. The summed E-state index contributed by atoms with van der Waals surface area (Å²) < 4.78 is 53.6. The van der Waals surface area contributed by atoms with Crippen molar-refractivity contribution in [3.63, 3.8) is 0 Å². The third kappa shape index (κ3) is 6.51. The van der Waals surface area contributed by atoms with Gasteiger partial charge in [0.2, 0.25) is 0 Å². The Balaban J connectivity index is 2.45. The molecule has 0 aromatic heterocycles. The molecule has 8 heteroatoms. The summed E-state index contributed by atoms with van der Waals surface area (Å²) in [5.41, 5.74) is 2.77. The highest BCUT2D eigenvalue weighted by Gasteiger charge is 2.27. The van der Waals surface area contributed by atoms with Gasteiger partial charge in [0.05, 0.1) is 0 Å². The molecule has 114 valence electrons. The van der Waals surface area contributed by atoms with Gasteiger partial charge in [0, 0.05) is 17.7 Å². The lowest BCUT2D eigenvalue weighted by atomic mass is 10.0. The van der Waals surface area contributed by atoms with Crippen LogP contribution in [-0.2, 0) is 11.2 Å². The molecule has 1 aromatic rings. The van der Waals surface area contributed by atoms with E-state index in [1.54, 1.807) is 0 Å². The Kier molecular flexibility index (Phi) is 6.67. The van der Waals surface area contributed by atoms with Crippen molar-refractivity contribution in [2.45, 2.75) is 25.1 Å². The summed E-state index contributed by atoms with van der Waals surface area (Å²) >= 11 is 5.75. The van der Waals surface area contributed by atoms with Crippen LogP contribution in [0, 0.1) is 5.82 Å². The number of hydrazine groups is 1. The van der Waals surface area contributed by atoms with Gasteiger partial charge in [-0.1, -0.05) is 11.6 Å². The first kappa shape index (κ1) is 17.2. The summed E-state index contributed by atoms with van der Waals surface area (Å²) in [4.78, 5) is 0. The topological polar surface area (TPSA) is 47.3 Å². The number of ether oxygens (including phenoxy) is 1. The third-order valence-corrected chi connectivity index (χ3v) is 2.82. The zero-order valence-corrected chi connectivity index (χ0v) is 11.3. The van der Waals surface area contributed by atoms with Gasteiger partial charge < -0.3 is 4.74 Å². The van der Waals surface area contributed by atoms with Crippen molar-refractivity contribution in [1.29, 1.82) is 0 Å². The van der Waals surface area contributed by atoms with Crippen LogP contribution in [0.3, 0.4) is 0 Å². The van der Waals surface area contributed by atoms with Gasteiger partial charge in [-0.25, -0.2) is 4.39 Å². The average Bonchev–Trinajstić information content (AvgIpc) is 2.36. The molecule has 0 saturated carbocycles. The average molecular weight is 315 g/mol. The van der Waals surface area contributed by atoms with Crippen LogP contribution < -0.4 is 11.3 Å². The molecule has 0 spiro atoms. The molecule has 0 saturated heterocycles. The Morgan fingerprint density at radius 1 is 1.35 bits per heavy atom. The predicted octanol–water partition coefficient (Wildman–Crippen LogP) is 2.82. The lowest BCUT2D eigenvalue weighted by Gasteiger charge is -2.17. The van der Waals surface area contributed by atoms with Crippen LogP contribution in [0.1, 0.15) is 12.0 Å². The molecule has 0 heterocycles. The fourth-order valence-corrected chi connectivity index (χ4v) is 1.82. The number of alkyl halides is 3. The van der Waals surface area contributed by atoms with Crippen LogP contribution in [-0.4, -0.2) is 25.4 Å². The zero-order valence-electron chi connectivity index (χ0n) is 10.5. The Morgan fingerprint density at radius 3 is 2.65 bits per heavy atom. The van der Waals surface area contributed by atoms with E-state index in [1.165, 1.54) is 18.2 Å². The van der Waals surface area contributed by atoms with Crippen molar-refractivity contribution in [3.05, 3.63) is 34.6 Å². The molecule has 0 amide bonds. The minimum atomic E-state index is -4.36. The van der Waals surface area contributed by atoms with Crippen molar-refractivity contribution < 1.29 is 22.3 Å². The lowest BCUT2D eigenvalue weighted by Crippen LogP contribution is -2.38. The molecule has 3 N–H and O–H groups in total. The maximum Gasteiger partial charge on any atom is 0.411 e. The minimum absolute atomic E-state index is 0.128. The van der Waals surface area contributed by atoms with Gasteiger partial charge in [0.15, 0.2) is 0 Å². The number of halogens is 5. The monoisotopic (exact) mass is 314 g/mol. The standard InChI is InChI=1S/C12H15ClF4N2O/c13-9-1-2-11(14)8(5-9)6-10(19-18)3-4-20-7-12(15,16)17/h1-2,5,10,19H,3-4,6-7,18H2. The zero-order chi connectivity index (χ0) is 15.2. The first-order chi connectivity index (χ1) is 9.31. The molecular formula is C12H15ClF4N2O. The van der Waals surface area contributed by atoms with Gasteiger partial charge in [-0.2, -0.15) is 13.2 Å². The Labute approximate surface area is 119 Å². The van der Waals surface area contributed by atoms with Crippen molar-refractivity contribution in [3.8, 4) is 0 Å². The van der Waals surface area contributed by atoms with Gasteiger partial charge >= 0.3 is 6.18 Å². The van der Waals surface area contributed by atoms with Crippen molar-refractivity contribution >= 4 is 11.6 Å². The molecule has 0 radical (unpaired) electrons. The Morgan fingerprint density at radius 2 is 2.05 bits per heavy atom. The smallest absolute Gasteiger partial charge is 0.372 e. The summed E-state index contributed by atoms with van der Waals surface area (Å²) in [7, 11) is 0. The highest BCUT2D eigenvalue weighted by Crippen LogP contribution is 2.18. The molecule has 0 aliphatic rings. The van der Waals surface area contributed by atoms with Crippen LogP contribution in [0.15, 0.2) is 18.2 Å². The first-order valence-corrected chi connectivity index (χ1v) is 6.24. The fourth-order valence-electron chi connectivity index (χ4n) is 1.62. The van der Waals surface area contributed by atoms with Gasteiger partial charge in [-0.15, -0.1) is 0 Å². The van der Waals surface area contributed by atoms with Gasteiger partial charge in [-0.05, 0) is 36.6 Å². The molecule has 1 atom stereocenters. The quantitative estimate of drug-likeness (QED) is 0.352. The second-order valence-electron chi connectivity index (χ2n) is 4.26. The fraction of sp³-hybridized carbons (Fsp3) is 0.500. The largest absolute Gasteiger partial charge is 0.411 e. The number of hydrogen-bond donors (Lipinski definition) is 2. The van der Waals surface area contributed by atoms with Crippen molar-refractivity contribution in [1.82, 2.24) is 5.43 Å². The first-order valence-electron chi connectivity index (χ1n) is 5.86. The van der Waals surface area contributed by atoms with Gasteiger partial charge in [0.1, 0.15) is 12.4 Å². The maximum atomic E-state index is 13.5.